The molecule has 1 heterocycles. The number of hydrogen-bond donors (Lipinski definition) is 0. The molecular weight excluding hydrogens is 302 g/mol. The van der Waals surface area contributed by atoms with Gasteiger partial charge in [-0.1, -0.05) is 29.8 Å². The van der Waals surface area contributed by atoms with Crippen LogP contribution in [0.25, 0.3) is 11.1 Å². The van der Waals surface area contributed by atoms with Gasteiger partial charge in [-0.3, -0.25) is 9.36 Å². The lowest BCUT2D eigenvalue weighted by Gasteiger charge is -2.13. The Kier molecular flexibility index (Phi) is 2.78. The number of fused-ring (bicyclic) bond motifs is 2. The van der Waals surface area contributed by atoms with Gasteiger partial charge in [0.15, 0.2) is 11.4 Å². The number of oxazole rings is 1. The highest BCUT2D eigenvalue weighted by Gasteiger charge is 2.32. The van der Waals surface area contributed by atoms with E-state index in [1.54, 1.807) is 13.1 Å². The highest BCUT2D eigenvalue weighted by atomic mass is 35.5. The van der Waals surface area contributed by atoms with Crippen LogP contribution < -0.4 is 5.76 Å². The van der Waals surface area contributed by atoms with Gasteiger partial charge < -0.3 is 4.42 Å². The summed E-state index contributed by atoms with van der Waals surface area (Å²) in [6.45, 7) is 0. The molecule has 0 fully saturated rings. The van der Waals surface area contributed by atoms with Crippen molar-refractivity contribution in [1.82, 2.24) is 4.57 Å². The van der Waals surface area contributed by atoms with Crippen LogP contribution >= 0.6 is 11.6 Å². The highest BCUT2D eigenvalue weighted by molar-refractivity contribution is 6.31. The Hall–Kier alpha value is -2.33. The summed E-state index contributed by atoms with van der Waals surface area (Å²) >= 11 is 6.29. The number of benzene rings is 2. The van der Waals surface area contributed by atoms with Gasteiger partial charge in [0.25, 0.3) is 0 Å². The van der Waals surface area contributed by atoms with Crippen molar-refractivity contribution in [2.45, 2.75) is 12.3 Å². The van der Waals surface area contributed by atoms with Gasteiger partial charge in [-0.05, 0) is 29.3 Å². The first-order chi connectivity index (χ1) is 10.6. The van der Waals surface area contributed by atoms with E-state index in [0.717, 1.165) is 11.1 Å². The molecule has 0 saturated heterocycles. The zero-order valence-corrected chi connectivity index (χ0v) is 12.6. The van der Waals surface area contributed by atoms with Crippen LogP contribution in [0.3, 0.4) is 0 Å². The van der Waals surface area contributed by atoms with Crippen LogP contribution in [0.1, 0.15) is 33.8 Å². The third-order valence-corrected chi connectivity index (χ3v) is 4.65. The molecule has 2 aromatic carbocycles. The van der Waals surface area contributed by atoms with Crippen molar-refractivity contribution in [3.05, 3.63) is 68.7 Å². The van der Waals surface area contributed by atoms with Crippen molar-refractivity contribution >= 4 is 28.5 Å². The predicted octanol–water partition coefficient (Wildman–Crippen LogP) is 3.50. The molecule has 1 atom stereocenters. The Morgan fingerprint density at radius 1 is 1.18 bits per heavy atom. The van der Waals surface area contributed by atoms with Crippen molar-refractivity contribution in [3.63, 3.8) is 0 Å². The number of carbonyl (C=O) groups is 1. The first kappa shape index (κ1) is 13.3. The van der Waals surface area contributed by atoms with E-state index >= 15 is 0 Å². The van der Waals surface area contributed by atoms with E-state index in [1.807, 2.05) is 30.3 Å². The summed E-state index contributed by atoms with van der Waals surface area (Å²) in [6.07, 6.45) is 0.389. The van der Waals surface area contributed by atoms with Crippen molar-refractivity contribution in [3.8, 4) is 0 Å². The van der Waals surface area contributed by atoms with E-state index in [4.69, 9.17) is 16.0 Å². The summed E-state index contributed by atoms with van der Waals surface area (Å²) in [5.74, 6) is -0.459. The molecule has 4 nitrogen and oxygen atoms in total. The highest BCUT2D eigenvalue weighted by Crippen LogP contribution is 2.42. The molecule has 22 heavy (non-hydrogen) atoms. The smallest absolute Gasteiger partial charge is 0.408 e. The van der Waals surface area contributed by atoms with Gasteiger partial charge in [-0.25, -0.2) is 4.79 Å². The van der Waals surface area contributed by atoms with E-state index in [-0.39, 0.29) is 11.7 Å². The summed E-state index contributed by atoms with van der Waals surface area (Å²) in [4.78, 5) is 24.0. The maximum absolute atomic E-state index is 12.3. The molecule has 4 rings (SSSR count). The fraction of sp³-hybridized carbons (Fsp3) is 0.176. The summed E-state index contributed by atoms with van der Waals surface area (Å²) in [6, 6.07) is 11.1. The fourth-order valence-corrected chi connectivity index (χ4v) is 3.43. The molecule has 1 unspecified atom stereocenters. The van der Waals surface area contributed by atoms with Crippen molar-refractivity contribution < 1.29 is 9.21 Å². The maximum atomic E-state index is 12.3. The summed E-state index contributed by atoms with van der Waals surface area (Å²) < 4.78 is 6.61. The van der Waals surface area contributed by atoms with E-state index in [2.05, 4.69) is 0 Å². The molecule has 110 valence electrons. The normalized spacial score (nSPS) is 17.2. The molecule has 0 amide bonds. The number of aryl methyl sites for hydroxylation is 1. The first-order valence-corrected chi connectivity index (χ1v) is 7.35. The van der Waals surface area contributed by atoms with Gasteiger partial charge in [0.1, 0.15) is 0 Å². The Bertz CT molecular complexity index is 983. The minimum atomic E-state index is -0.430. The Morgan fingerprint density at radius 3 is 2.73 bits per heavy atom. The number of hydrogen-bond acceptors (Lipinski definition) is 3. The minimum absolute atomic E-state index is 0.0494. The van der Waals surface area contributed by atoms with E-state index < -0.39 is 5.76 Å². The van der Waals surface area contributed by atoms with Crippen LogP contribution in [0.15, 0.2) is 45.6 Å². The summed E-state index contributed by atoms with van der Waals surface area (Å²) in [7, 11) is 1.65. The second-order valence-electron chi connectivity index (χ2n) is 5.54. The van der Waals surface area contributed by atoms with Crippen molar-refractivity contribution in [1.29, 1.82) is 0 Å². The monoisotopic (exact) mass is 313 g/mol. The number of halogens is 1. The standard InChI is InChI=1S/C17H12ClNO3/c1-19-14-6-10-11(9-4-2-3-5-13(9)18)7-15(20)12(10)8-16(14)22-17(19)21/h2-6,8,11H,7H2,1H3. The zero-order valence-electron chi connectivity index (χ0n) is 11.8. The Labute approximate surface area is 130 Å². The third-order valence-electron chi connectivity index (χ3n) is 4.31. The quantitative estimate of drug-likeness (QED) is 0.691. The van der Waals surface area contributed by atoms with Crippen LogP contribution in [0.2, 0.25) is 5.02 Å². The lowest BCUT2D eigenvalue weighted by molar-refractivity contribution is 0.0991. The lowest BCUT2D eigenvalue weighted by Crippen LogP contribution is -2.08. The Balaban J connectivity index is 1.99. The number of ketones is 1. The van der Waals surface area contributed by atoms with Gasteiger partial charge >= 0.3 is 5.76 Å². The molecule has 1 aliphatic carbocycles. The van der Waals surface area contributed by atoms with E-state index in [9.17, 15) is 9.59 Å². The minimum Gasteiger partial charge on any atom is -0.408 e. The summed E-state index contributed by atoms with van der Waals surface area (Å²) in [5, 5.41) is 0.648. The Morgan fingerprint density at radius 2 is 1.95 bits per heavy atom. The number of aromatic nitrogens is 1. The average Bonchev–Trinajstić information content (AvgIpc) is 2.96. The van der Waals surface area contributed by atoms with Gasteiger partial charge in [0.05, 0.1) is 5.52 Å². The maximum Gasteiger partial charge on any atom is 0.419 e. The van der Waals surface area contributed by atoms with E-state index in [0.29, 0.717) is 28.1 Å². The number of nitrogens with zero attached hydrogens (tertiary/aromatic N) is 1. The van der Waals surface area contributed by atoms with Crippen LogP contribution in [0.4, 0.5) is 0 Å². The number of rotatable bonds is 1. The van der Waals surface area contributed by atoms with E-state index in [1.165, 1.54) is 4.57 Å². The topological polar surface area (TPSA) is 52.2 Å². The van der Waals surface area contributed by atoms with Crippen molar-refractivity contribution in [2.75, 3.05) is 0 Å². The molecule has 0 bridgehead atoms. The molecular formula is C17H12ClNO3. The van der Waals surface area contributed by atoms with Crippen LogP contribution in [-0.2, 0) is 7.05 Å². The number of Topliss-reactive ketones (excluding diaryl/α,β-unsaturated/α-hetero) is 1. The molecule has 0 aliphatic heterocycles. The first-order valence-electron chi connectivity index (χ1n) is 6.97. The van der Waals surface area contributed by atoms with Gasteiger partial charge in [0, 0.05) is 30.0 Å². The van der Waals surface area contributed by atoms with Gasteiger partial charge in [-0.2, -0.15) is 0 Å². The summed E-state index contributed by atoms with van der Waals surface area (Å²) in [5.41, 5.74) is 3.59. The molecule has 0 N–H and O–H groups in total. The number of carbonyl (C=O) groups excluding carboxylic acids is 1. The SMILES string of the molecule is Cn1c(=O)oc2cc3c(cc21)C(c1ccccc1Cl)CC3=O. The average molecular weight is 314 g/mol. The largest absolute Gasteiger partial charge is 0.419 e. The van der Waals surface area contributed by atoms with Crippen LogP contribution in [0, 0.1) is 0 Å². The zero-order chi connectivity index (χ0) is 15.4. The van der Waals surface area contributed by atoms with Crippen LogP contribution in [0.5, 0.6) is 0 Å². The fourth-order valence-electron chi connectivity index (χ4n) is 3.16. The third kappa shape index (κ3) is 1.77. The molecule has 0 saturated carbocycles. The molecule has 5 heteroatoms. The molecule has 3 aromatic rings. The lowest BCUT2D eigenvalue weighted by atomic mass is 9.93. The second-order valence-corrected chi connectivity index (χ2v) is 5.94. The van der Waals surface area contributed by atoms with Crippen LogP contribution in [-0.4, -0.2) is 10.4 Å². The molecule has 0 spiro atoms. The van der Waals surface area contributed by atoms with Gasteiger partial charge in [-0.15, -0.1) is 0 Å². The molecule has 0 radical (unpaired) electrons. The van der Waals surface area contributed by atoms with Gasteiger partial charge in [0.2, 0.25) is 0 Å². The van der Waals surface area contributed by atoms with Crippen molar-refractivity contribution in [2.24, 2.45) is 7.05 Å². The molecule has 1 aliphatic rings. The molecule has 1 aromatic heterocycles. The second kappa shape index (κ2) is 4.58. The predicted molar refractivity (Wildman–Crippen MR) is 83.7 cm³/mol.